The van der Waals surface area contributed by atoms with Crippen LogP contribution in [0.4, 0.5) is 4.39 Å². The van der Waals surface area contributed by atoms with Crippen molar-refractivity contribution in [3.63, 3.8) is 0 Å². The van der Waals surface area contributed by atoms with Crippen LogP contribution in [0.5, 0.6) is 0 Å². The molecule has 1 atom stereocenters. The summed E-state index contributed by atoms with van der Waals surface area (Å²) in [6, 6.07) is 9.33. The Morgan fingerprint density at radius 2 is 2.00 bits per heavy atom. The van der Waals surface area contributed by atoms with Crippen molar-refractivity contribution >= 4 is 5.91 Å². The Kier molecular flexibility index (Phi) is 3.27. The van der Waals surface area contributed by atoms with E-state index in [1.807, 2.05) is 30.3 Å². The van der Waals surface area contributed by atoms with Crippen LogP contribution in [0, 0.1) is 0 Å². The third-order valence-electron chi connectivity index (χ3n) is 4.27. The smallest absolute Gasteiger partial charge is 0.255 e. The van der Waals surface area contributed by atoms with Crippen molar-refractivity contribution in [3.8, 4) is 0 Å². The van der Waals surface area contributed by atoms with Gasteiger partial charge in [0.15, 0.2) is 6.17 Å². The molecule has 0 aliphatic carbocycles. The number of carbonyl (C=O) groups excluding carboxylic acids is 1. The molecule has 0 saturated carbocycles. The fourth-order valence-corrected chi connectivity index (χ4v) is 3.14. The minimum absolute atomic E-state index is 0.155. The van der Waals surface area contributed by atoms with Crippen LogP contribution < -0.4 is 5.32 Å². The molecule has 1 amide bonds. The van der Waals surface area contributed by atoms with Crippen LogP contribution in [0.3, 0.4) is 0 Å². The van der Waals surface area contributed by atoms with Gasteiger partial charge in [0.1, 0.15) is 0 Å². The van der Waals surface area contributed by atoms with Crippen LogP contribution in [0.15, 0.2) is 30.3 Å². The zero-order valence-electron chi connectivity index (χ0n) is 10.9. The Balaban J connectivity index is 1.58. The largest absolute Gasteiger partial charge is 0.347 e. The van der Waals surface area contributed by atoms with Crippen molar-refractivity contribution < 1.29 is 9.18 Å². The second-order valence-corrected chi connectivity index (χ2v) is 5.70. The molecule has 102 valence electrons. The van der Waals surface area contributed by atoms with Crippen molar-refractivity contribution in [2.45, 2.75) is 31.0 Å². The molecule has 2 heterocycles. The highest BCUT2D eigenvalue weighted by Crippen LogP contribution is 2.32. The first-order valence-corrected chi connectivity index (χ1v) is 6.89. The number of nitrogens with one attached hydrogen (secondary N) is 1. The maximum atomic E-state index is 14.0. The van der Waals surface area contributed by atoms with Crippen LogP contribution in [0.25, 0.3) is 0 Å². The lowest BCUT2D eigenvalue weighted by Gasteiger charge is -2.27. The van der Waals surface area contributed by atoms with Crippen LogP contribution >= 0.6 is 0 Å². The van der Waals surface area contributed by atoms with E-state index < -0.39 is 12.1 Å². The summed E-state index contributed by atoms with van der Waals surface area (Å²) in [5.41, 5.74) is 0.708. The van der Waals surface area contributed by atoms with E-state index in [1.54, 1.807) is 0 Å². The number of carbonyl (C=O) groups is 1. The molecule has 0 aromatic heterocycles. The summed E-state index contributed by atoms with van der Waals surface area (Å²) in [6.07, 6.45) is 0.617. The minimum Gasteiger partial charge on any atom is -0.347 e. The molecular weight excluding hydrogens is 243 g/mol. The molecular formula is C15H19FN2O. The van der Waals surface area contributed by atoms with Gasteiger partial charge in [-0.05, 0) is 18.4 Å². The molecule has 1 aromatic carbocycles. The van der Waals surface area contributed by atoms with E-state index >= 15 is 0 Å². The number of rotatable bonds is 4. The molecule has 1 unspecified atom stereocenters. The normalized spacial score (nSPS) is 30.3. The van der Waals surface area contributed by atoms with Gasteiger partial charge < -0.3 is 10.2 Å². The number of amides is 1. The molecule has 19 heavy (non-hydrogen) atoms. The van der Waals surface area contributed by atoms with Gasteiger partial charge in [-0.15, -0.1) is 0 Å². The number of alkyl halides is 1. The van der Waals surface area contributed by atoms with E-state index in [-0.39, 0.29) is 12.0 Å². The van der Waals surface area contributed by atoms with Crippen LogP contribution in [0.1, 0.15) is 18.4 Å². The van der Waals surface area contributed by atoms with Crippen LogP contribution in [-0.2, 0) is 11.2 Å². The number of benzene rings is 1. The Hall–Kier alpha value is -1.42. The number of fused-ring (bicyclic) bond motifs is 2. The monoisotopic (exact) mass is 262 g/mol. The zero-order valence-corrected chi connectivity index (χ0v) is 10.9. The Morgan fingerprint density at radius 1 is 1.32 bits per heavy atom. The molecule has 4 heteroatoms. The van der Waals surface area contributed by atoms with Crippen LogP contribution in [0.2, 0.25) is 0 Å². The maximum absolute atomic E-state index is 14.0. The van der Waals surface area contributed by atoms with Crippen molar-refractivity contribution in [3.05, 3.63) is 35.9 Å². The Labute approximate surface area is 112 Å². The second kappa shape index (κ2) is 4.93. The fraction of sp³-hybridized carbons (Fsp3) is 0.533. The molecule has 2 fully saturated rings. The zero-order chi connectivity index (χ0) is 13.3. The molecule has 3 nitrogen and oxygen atoms in total. The van der Waals surface area contributed by atoms with Gasteiger partial charge in [0.2, 0.25) is 0 Å². The number of hydrogen-bond acceptors (Lipinski definition) is 2. The van der Waals surface area contributed by atoms with Gasteiger partial charge in [-0.25, -0.2) is 4.39 Å². The number of halogens is 1. The first-order valence-electron chi connectivity index (χ1n) is 6.89. The van der Waals surface area contributed by atoms with Crippen molar-refractivity contribution in [2.24, 2.45) is 0 Å². The quantitative estimate of drug-likeness (QED) is 0.892. The minimum atomic E-state index is -1.45. The molecule has 1 aromatic rings. The lowest BCUT2D eigenvalue weighted by Crippen LogP contribution is -2.50. The highest BCUT2D eigenvalue weighted by molar-refractivity contribution is 5.81. The molecule has 2 bridgehead atoms. The summed E-state index contributed by atoms with van der Waals surface area (Å²) < 4.78 is 14.0. The van der Waals surface area contributed by atoms with E-state index in [9.17, 15) is 9.18 Å². The fourth-order valence-electron chi connectivity index (χ4n) is 3.14. The highest BCUT2D eigenvalue weighted by Gasteiger charge is 2.45. The average molecular weight is 262 g/mol. The molecule has 1 N–H and O–H groups in total. The summed E-state index contributed by atoms with van der Waals surface area (Å²) >= 11 is 0. The topological polar surface area (TPSA) is 32.3 Å². The number of hydrogen-bond donors (Lipinski definition) is 1. The van der Waals surface area contributed by atoms with Gasteiger partial charge in [-0.2, -0.15) is 0 Å². The predicted octanol–water partition coefficient (Wildman–Crippen LogP) is 1.53. The first kappa shape index (κ1) is 12.6. The summed E-state index contributed by atoms with van der Waals surface area (Å²) in [7, 11) is 0. The predicted molar refractivity (Wildman–Crippen MR) is 71.6 cm³/mol. The number of piperidine rings is 1. The van der Waals surface area contributed by atoms with E-state index in [2.05, 4.69) is 10.2 Å². The van der Waals surface area contributed by atoms with Crippen molar-refractivity contribution in [2.75, 3.05) is 19.6 Å². The van der Waals surface area contributed by atoms with Gasteiger partial charge in [0.25, 0.3) is 5.91 Å². The van der Waals surface area contributed by atoms with Gasteiger partial charge in [-0.3, -0.25) is 4.79 Å². The van der Waals surface area contributed by atoms with E-state index in [0.29, 0.717) is 0 Å². The Morgan fingerprint density at radius 3 is 2.58 bits per heavy atom. The van der Waals surface area contributed by atoms with Gasteiger partial charge in [0, 0.05) is 26.1 Å². The van der Waals surface area contributed by atoms with E-state index in [4.69, 9.17) is 0 Å². The first-order chi connectivity index (χ1) is 9.17. The summed E-state index contributed by atoms with van der Waals surface area (Å²) in [4.78, 5) is 14.3. The lowest BCUT2D eigenvalue weighted by molar-refractivity contribution is -0.127. The van der Waals surface area contributed by atoms with E-state index in [0.717, 1.165) is 38.0 Å². The third kappa shape index (κ3) is 2.63. The van der Waals surface area contributed by atoms with E-state index in [1.165, 1.54) is 0 Å². The van der Waals surface area contributed by atoms with Gasteiger partial charge in [0.05, 0.1) is 5.54 Å². The molecule has 2 aliphatic rings. The molecule has 2 aliphatic heterocycles. The van der Waals surface area contributed by atoms with Crippen molar-refractivity contribution in [1.82, 2.24) is 10.2 Å². The highest BCUT2D eigenvalue weighted by atomic mass is 19.1. The number of nitrogens with zero attached hydrogens (tertiary/aromatic N) is 1. The lowest BCUT2D eigenvalue weighted by atomic mass is 9.94. The third-order valence-corrected chi connectivity index (χ3v) is 4.27. The summed E-state index contributed by atoms with van der Waals surface area (Å²) in [5, 5.41) is 2.95. The second-order valence-electron chi connectivity index (χ2n) is 5.70. The molecule has 0 radical (unpaired) electrons. The molecule has 3 rings (SSSR count). The summed E-state index contributed by atoms with van der Waals surface area (Å²) in [6.45, 7) is 2.93. The van der Waals surface area contributed by atoms with Crippen molar-refractivity contribution in [1.29, 1.82) is 0 Å². The van der Waals surface area contributed by atoms with Gasteiger partial charge >= 0.3 is 0 Å². The average Bonchev–Trinajstić information content (AvgIpc) is 2.99. The molecule has 0 spiro atoms. The van der Waals surface area contributed by atoms with Gasteiger partial charge in [-0.1, -0.05) is 30.3 Å². The Bertz CT molecular complexity index is 454. The SMILES string of the molecule is O=C(NC12CCN(CC1)C2)C(F)Cc1ccccc1. The standard InChI is InChI=1S/C15H19FN2O/c16-13(10-12-4-2-1-3-5-12)14(19)17-15-6-8-18(11-15)9-7-15/h1-5,13H,6-11H2,(H,17,19). The van der Waals surface area contributed by atoms with Crippen LogP contribution in [-0.4, -0.2) is 42.2 Å². The maximum Gasteiger partial charge on any atom is 0.255 e. The molecule has 2 saturated heterocycles. The summed E-state index contributed by atoms with van der Waals surface area (Å²) in [5.74, 6) is -0.451.